The van der Waals surface area contributed by atoms with Crippen LogP contribution in [-0.2, 0) is 14.3 Å². The first kappa shape index (κ1) is 21.2. The van der Waals surface area contributed by atoms with Crippen LogP contribution >= 0.6 is 0 Å². The number of rotatable bonds is 3. The molecule has 2 atom stereocenters. The summed E-state index contributed by atoms with van der Waals surface area (Å²) in [6.45, 7) is 6.56. The molecule has 2 bridgehead atoms. The van der Waals surface area contributed by atoms with E-state index >= 15 is 0 Å². The molecular formula is C30H29NO3. The molecule has 4 heteroatoms. The SMILES string of the molecule is CC1(C)CN(c2ccccc2)C(=O)[C@@H]1OC(=O)[C@@]1(C)CC2c3ccccc3C1c1ccccc12. The maximum atomic E-state index is 14.0. The topological polar surface area (TPSA) is 46.6 Å². The number of amides is 1. The van der Waals surface area contributed by atoms with Crippen LogP contribution in [-0.4, -0.2) is 24.5 Å². The molecule has 0 aromatic heterocycles. The lowest BCUT2D eigenvalue weighted by molar-refractivity contribution is -0.170. The zero-order valence-electron chi connectivity index (χ0n) is 19.8. The number of benzene rings is 3. The summed E-state index contributed by atoms with van der Waals surface area (Å²) < 4.78 is 6.19. The minimum Gasteiger partial charge on any atom is -0.451 e. The summed E-state index contributed by atoms with van der Waals surface area (Å²) in [6.07, 6.45) is -0.114. The molecule has 1 aliphatic heterocycles. The number of carbonyl (C=O) groups excluding carboxylic acids is 2. The third-order valence-electron chi connectivity index (χ3n) is 8.15. The summed E-state index contributed by atoms with van der Waals surface area (Å²) in [5.74, 6) is -0.340. The second-order valence-corrected chi connectivity index (χ2v) is 10.9. The van der Waals surface area contributed by atoms with Crippen molar-refractivity contribution < 1.29 is 14.3 Å². The molecule has 1 heterocycles. The largest absolute Gasteiger partial charge is 0.451 e. The van der Waals surface area contributed by atoms with Crippen molar-refractivity contribution in [2.75, 3.05) is 11.4 Å². The van der Waals surface area contributed by atoms with Gasteiger partial charge in [-0.3, -0.25) is 9.59 Å². The highest BCUT2D eigenvalue weighted by atomic mass is 16.6. The third-order valence-corrected chi connectivity index (χ3v) is 8.15. The number of para-hydroxylation sites is 1. The highest BCUT2D eigenvalue weighted by molar-refractivity contribution is 6.01. The number of hydrogen-bond acceptors (Lipinski definition) is 3. The number of nitrogens with zero attached hydrogens (tertiary/aromatic N) is 1. The maximum absolute atomic E-state index is 14.0. The molecule has 0 N–H and O–H groups in total. The van der Waals surface area contributed by atoms with Gasteiger partial charge in [0.15, 0.2) is 6.10 Å². The first-order valence-electron chi connectivity index (χ1n) is 12.1. The van der Waals surface area contributed by atoms with E-state index in [2.05, 4.69) is 48.5 Å². The third kappa shape index (κ3) is 2.91. The van der Waals surface area contributed by atoms with E-state index in [4.69, 9.17) is 4.74 Å². The minimum atomic E-state index is -0.803. The first-order valence-corrected chi connectivity index (χ1v) is 12.1. The molecule has 3 aromatic rings. The molecule has 34 heavy (non-hydrogen) atoms. The number of ether oxygens (including phenoxy) is 1. The second-order valence-electron chi connectivity index (χ2n) is 10.9. The molecular weight excluding hydrogens is 422 g/mol. The van der Waals surface area contributed by atoms with Crippen LogP contribution in [0.15, 0.2) is 78.9 Å². The van der Waals surface area contributed by atoms with E-state index in [-0.39, 0.29) is 23.7 Å². The Hall–Kier alpha value is -3.40. The molecule has 1 fully saturated rings. The van der Waals surface area contributed by atoms with E-state index in [1.54, 1.807) is 4.90 Å². The van der Waals surface area contributed by atoms with Gasteiger partial charge in [-0.05, 0) is 47.7 Å². The van der Waals surface area contributed by atoms with Gasteiger partial charge in [0.2, 0.25) is 0 Å². The Morgan fingerprint density at radius 1 is 0.824 bits per heavy atom. The van der Waals surface area contributed by atoms with E-state index < -0.39 is 16.9 Å². The summed E-state index contributed by atoms with van der Waals surface area (Å²) in [5, 5.41) is 0. The molecule has 1 saturated heterocycles. The minimum absolute atomic E-state index is 0.0813. The van der Waals surface area contributed by atoms with Crippen molar-refractivity contribution in [3.63, 3.8) is 0 Å². The number of hydrogen-bond donors (Lipinski definition) is 0. The highest BCUT2D eigenvalue weighted by Crippen LogP contribution is 2.61. The van der Waals surface area contributed by atoms with Gasteiger partial charge >= 0.3 is 5.97 Å². The van der Waals surface area contributed by atoms with Crippen molar-refractivity contribution in [3.8, 4) is 0 Å². The molecule has 0 spiro atoms. The van der Waals surface area contributed by atoms with Crippen LogP contribution in [0.1, 0.15) is 61.3 Å². The Labute approximate surface area is 200 Å². The van der Waals surface area contributed by atoms with Gasteiger partial charge in [-0.15, -0.1) is 0 Å². The van der Waals surface area contributed by atoms with Crippen LogP contribution in [0.3, 0.4) is 0 Å². The van der Waals surface area contributed by atoms with Crippen LogP contribution in [0.25, 0.3) is 0 Å². The first-order chi connectivity index (χ1) is 16.3. The van der Waals surface area contributed by atoms with E-state index in [9.17, 15) is 9.59 Å². The predicted octanol–water partition coefficient (Wildman–Crippen LogP) is 5.66. The maximum Gasteiger partial charge on any atom is 0.313 e. The van der Waals surface area contributed by atoms with E-state index in [1.165, 1.54) is 22.3 Å². The molecule has 3 aliphatic carbocycles. The quantitative estimate of drug-likeness (QED) is 0.483. The van der Waals surface area contributed by atoms with Gasteiger partial charge in [0, 0.05) is 29.5 Å². The predicted molar refractivity (Wildman–Crippen MR) is 132 cm³/mol. The Morgan fingerprint density at radius 2 is 1.35 bits per heavy atom. The van der Waals surface area contributed by atoms with E-state index in [0.717, 1.165) is 5.69 Å². The second kappa shape index (κ2) is 7.30. The fourth-order valence-corrected chi connectivity index (χ4v) is 6.49. The number of carbonyl (C=O) groups is 2. The van der Waals surface area contributed by atoms with Crippen molar-refractivity contribution in [2.24, 2.45) is 10.8 Å². The van der Waals surface area contributed by atoms with Gasteiger partial charge in [0.1, 0.15) is 0 Å². The Kier molecular flexibility index (Phi) is 4.54. The molecule has 0 saturated carbocycles. The highest BCUT2D eigenvalue weighted by Gasteiger charge is 2.57. The van der Waals surface area contributed by atoms with E-state index in [0.29, 0.717) is 13.0 Å². The fourth-order valence-electron chi connectivity index (χ4n) is 6.49. The Balaban J connectivity index is 1.35. The summed E-state index contributed by atoms with van der Waals surface area (Å²) in [4.78, 5) is 29.2. The Morgan fingerprint density at radius 3 is 1.94 bits per heavy atom. The standard InChI is InChI=1S/C30H29NO3/c1-29(2)18-31(19-11-5-4-6-12-19)27(32)26(29)34-28(33)30(3)17-24-20-13-7-9-15-22(20)25(30)23-16-10-8-14-21(23)24/h4-16,24-26H,17-18H2,1-3H3/t24?,25?,26-,30-/m0/s1. The number of esters is 1. The molecule has 4 nitrogen and oxygen atoms in total. The average molecular weight is 452 g/mol. The van der Waals surface area contributed by atoms with Gasteiger partial charge in [-0.25, -0.2) is 0 Å². The molecule has 3 aromatic carbocycles. The van der Waals surface area contributed by atoms with Crippen LogP contribution < -0.4 is 4.90 Å². The van der Waals surface area contributed by atoms with Crippen molar-refractivity contribution in [1.82, 2.24) is 0 Å². The molecule has 7 rings (SSSR count). The van der Waals surface area contributed by atoms with Crippen molar-refractivity contribution >= 4 is 17.6 Å². The average Bonchev–Trinajstić information content (AvgIpc) is 3.08. The van der Waals surface area contributed by atoms with Gasteiger partial charge < -0.3 is 9.64 Å². The summed E-state index contributed by atoms with van der Waals surface area (Å²) in [6, 6.07) is 26.6. The van der Waals surface area contributed by atoms with Gasteiger partial charge in [0.25, 0.3) is 5.91 Å². The van der Waals surface area contributed by atoms with Crippen LogP contribution in [0, 0.1) is 10.8 Å². The zero-order chi connectivity index (χ0) is 23.7. The number of anilines is 1. The van der Waals surface area contributed by atoms with Gasteiger partial charge in [-0.2, -0.15) is 0 Å². The van der Waals surface area contributed by atoms with Gasteiger partial charge in [-0.1, -0.05) is 80.6 Å². The normalized spacial score (nSPS) is 28.4. The summed E-state index contributed by atoms with van der Waals surface area (Å²) in [7, 11) is 0. The monoisotopic (exact) mass is 451 g/mol. The molecule has 4 aliphatic rings. The lowest BCUT2D eigenvalue weighted by Crippen LogP contribution is -2.48. The lowest BCUT2D eigenvalue weighted by Gasteiger charge is -2.50. The molecule has 0 unspecified atom stereocenters. The smallest absolute Gasteiger partial charge is 0.313 e. The fraction of sp³-hybridized carbons (Fsp3) is 0.333. The molecule has 0 radical (unpaired) electrons. The van der Waals surface area contributed by atoms with Crippen molar-refractivity contribution in [3.05, 3.63) is 101 Å². The summed E-state index contributed by atoms with van der Waals surface area (Å²) >= 11 is 0. The van der Waals surface area contributed by atoms with Crippen LogP contribution in [0.2, 0.25) is 0 Å². The number of fused-ring (bicyclic) bond motifs is 1. The molecule has 1 amide bonds. The summed E-state index contributed by atoms with van der Waals surface area (Å²) in [5.41, 5.74) is 4.66. The zero-order valence-corrected chi connectivity index (χ0v) is 19.8. The molecule has 172 valence electrons. The van der Waals surface area contributed by atoms with Crippen LogP contribution in [0.5, 0.6) is 0 Å². The van der Waals surface area contributed by atoms with E-state index in [1.807, 2.05) is 51.1 Å². The van der Waals surface area contributed by atoms with Crippen LogP contribution in [0.4, 0.5) is 5.69 Å². The lowest BCUT2D eigenvalue weighted by atomic mass is 9.52. The Bertz CT molecular complexity index is 1250. The van der Waals surface area contributed by atoms with Crippen molar-refractivity contribution in [2.45, 2.75) is 45.1 Å². The van der Waals surface area contributed by atoms with Crippen molar-refractivity contribution in [1.29, 1.82) is 0 Å². The van der Waals surface area contributed by atoms with Gasteiger partial charge in [0.05, 0.1) is 5.41 Å².